The van der Waals surface area contributed by atoms with E-state index in [1.54, 1.807) is 18.2 Å². The Bertz CT molecular complexity index is 800. The molecule has 0 saturated carbocycles. The Hall–Kier alpha value is -1.27. The van der Waals surface area contributed by atoms with Crippen LogP contribution in [-0.2, 0) is 0 Å². The van der Waals surface area contributed by atoms with Gasteiger partial charge in [0.15, 0.2) is 0 Å². The van der Waals surface area contributed by atoms with E-state index in [0.717, 1.165) is 4.68 Å². The lowest BCUT2D eigenvalue weighted by Crippen LogP contribution is -2.32. The minimum atomic E-state index is -0.535. The number of benzene rings is 1. The average Bonchev–Trinajstić information content (AvgIpc) is 2.50. The van der Waals surface area contributed by atoms with E-state index in [2.05, 4.69) is 10.4 Å². The lowest BCUT2D eigenvalue weighted by molar-refractivity contribution is 0.0746. The highest BCUT2D eigenvalue weighted by Gasteiger charge is 2.22. The molecule has 130 valence electrons. The number of aliphatic hydroxyl groups is 1. The Kier molecular flexibility index (Phi) is 5.81. The third-order valence-electron chi connectivity index (χ3n) is 3.56. The van der Waals surface area contributed by atoms with E-state index in [1.165, 1.54) is 6.20 Å². The van der Waals surface area contributed by atoms with Crippen LogP contribution in [0.25, 0.3) is 5.69 Å². The van der Waals surface area contributed by atoms with Crippen LogP contribution in [0, 0.1) is 5.41 Å². The van der Waals surface area contributed by atoms with Gasteiger partial charge >= 0.3 is 0 Å². The van der Waals surface area contributed by atoms with Gasteiger partial charge in [-0.05, 0) is 23.6 Å². The second-order valence-electron chi connectivity index (χ2n) is 6.45. The molecule has 0 amide bonds. The SMILES string of the molecule is CC(C)(C)[C@H](O)CNc1ccc(-n2ncc(Cl)c(Cl)c2=O)cc1Cl. The van der Waals surface area contributed by atoms with Crippen molar-refractivity contribution in [3.05, 3.63) is 49.8 Å². The van der Waals surface area contributed by atoms with Gasteiger partial charge in [0, 0.05) is 6.54 Å². The fraction of sp³-hybridized carbons (Fsp3) is 0.375. The van der Waals surface area contributed by atoms with Crippen molar-refractivity contribution >= 4 is 40.5 Å². The molecule has 0 radical (unpaired) electrons. The van der Waals surface area contributed by atoms with E-state index in [1.807, 2.05) is 20.8 Å². The van der Waals surface area contributed by atoms with E-state index in [-0.39, 0.29) is 15.5 Å². The number of nitrogens with one attached hydrogen (secondary N) is 1. The zero-order valence-electron chi connectivity index (χ0n) is 13.5. The largest absolute Gasteiger partial charge is 0.391 e. The number of rotatable bonds is 4. The average molecular weight is 391 g/mol. The first kappa shape index (κ1) is 19.1. The van der Waals surface area contributed by atoms with Gasteiger partial charge in [0.2, 0.25) is 0 Å². The van der Waals surface area contributed by atoms with Crippen LogP contribution in [-0.4, -0.2) is 27.5 Å². The van der Waals surface area contributed by atoms with E-state index in [9.17, 15) is 9.90 Å². The maximum Gasteiger partial charge on any atom is 0.291 e. The van der Waals surface area contributed by atoms with Gasteiger partial charge in [0.1, 0.15) is 5.02 Å². The Balaban J connectivity index is 2.25. The highest BCUT2D eigenvalue weighted by atomic mass is 35.5. The van der Waals surface area contributed by atoms with Crippen LogP contribution in [0.2, 0.25) is 15.1 Å². The highest BCUT2D eigenvalue weighted by Crippen LogP contribution is 2.26. The molecule has 0 fully saturated rings. The molecule has 0 spiro atoms. The summed E-state index contributed by atoms with van der Waals surface area (Å²) >= 11 is 17.9. The summed E-state index contributed by atoms with van der Waals surface area (Å²) < 4.78 is 1.12. The van der Waals surface area contributed by atoms with E-state index >= 15 is 0 Å². The van der Waals surface area contributed by atoms with Crippen LogP contribution >= 0.6 is 34.8 Å². The molecule has 1 heterocycles. The molecule has 5 nitrogen and oxygen atoms in total. The smallest absolute Gasteiger partial charge is 0.291 e. The van der Waals surface area contributed by atoms with Crippen LogP contribution in [0.15, 0.2) is 29.2 Å². The number of anilines is 1. The first-order chi connectivity index (χ1) is 11.1. The van der Waals surface area contributed by atoms with Gasteiger partial charge in [0.05, 0.1) is 33.7 Å². The molecule has 1 aromatic heterocycles. The molecule has 2 aromatic rings. The lowest BCUT2D eigenvalue weighted by Gasteiger charge is -2.26. The summed E-state index contributed by atoms with van der Waals surface area (Å²) in [6, 6.07) is 4.98. The molecule has 0 saturated heterocycles. The van der Waals surface area contributed by atoms with E-state index in [0.29, 0.717) is 22.9 Å². The Morgan fingerprint density at radius 3 is 2.50 bits per heavy atom. The van der Waals surface area contributed by atoms with Gasteiger partial charge in [0.25, 0.3) is 5.56 Å². The maximum absolute atomic E-state index is 12.1. The van der Waals surface area contributed by atoms with Gasteiger partial charge in [-0.1, -0.05) is 55.6 Å². The van der Waals surface area contributed by atoms with Crippen LogP contribution in [0.1, 0.15) is 20.8 Å². The van der Waals surface area contributed by atoms with Crippen LogP contribution < -0.4 is 10.9 Å². The standard InChI is InChI=1S/C16H18Cl3N3O2/c1-16(2,3)13(23)8-20-12-5-4-9(6-10(12)17)22-15(24)14(19)11(18)7-21-22/h4-7,13,20,23H,8H2,1-3H3/t13-/m1/s1. The van der Waals surface area contributed by atoms with E-state index in [4.69, 9.17) is 34.8 Å². The van der Waals surface area contributed by atoms with Crippen molar-refractivity contribution in [2.75, 3.05) is 11.9 Å². The van der Waals surface area contributed by atoms with Gasteiger partial charge in [-0.3, -0.25) is 4.79 Å². The molecule has 0 aliphatic heterocycles. The normalized spacial score (nSPS) is 13.0. The van der Waals surface area contributed by atoms with Crippen LogP contribution in [0.5, 0.6) is 0 Å². The summed E-state index contributed by atoms with van der Waals surface area (Å²) in [6.07, 6.45) is 0.762. The van der Waals surface area contributed by atoms with Crippen molar-refractivity contribution in [3.63, 3.8) is 0 Å². The minimum Gasteiger partial charge on any atom is -0.391 e. The predicted octanol–water partition coefficient (Wildman–Crippen LogP) is 4.01. The van der Waals surface area contributed by atoms with Gasteiger partial charge < -0.3 is 10.4 Å². The van der Waals surface area contributed by atoms with Crippen LogP contribution in [0.4, 0.5) is 5.69 Å². The van der Waals surface area contributed by atoms with Gasteiger partial charge in [-0.15, -0.1) is 0 Å². The number of halogens is 3. The summed E-state index contributed by atoms with van der Waals surface area (Å²) in [5.41, 5.74) is 0.350. The number of hydrogen-bond donors (Lipinski definition) is 2. The number of aliphatic hydroxyl groups excluding tert-OH is 1. The summed E-state index contributed by atoms with van der Waals surface area (Å²) in [4.78, 5) is 12.1. The number of nitrogens with zero attached hydrogens (tertiary/aromatic N) is 2. The minimum absolute atomic E-state index is 0.0958. The molecule has 1 aromatic carbocycles. The summed E-state index contributed by atoms with van der Waals surface area (Å²) in [5.74, 6) is 0. The molecule has 2 rings (SSSR count). The first-order valence-corrected chi connectivity index (χ1v) is 8.40. The molecule has 0 aliphatic carbocycles. The first-order valence-electron chi connectivity index (χ1n) is 7.26. The summed E-state index contributed by atoms with van der Waals surface area (Å²) in [5, 5.41) is 17.5. The fourth-order valence-electron chi connectivity index (χ4n) is 1.89. The third kappa shape index (κ3) is 4.22. The van der Waals surface area contributed by atoms with Crippen molar-refractivity contribution in [2.24, 2.45) is 5.41 Å². The monoisotopic (exact) mass is 389 g/mol. The fourth-order valence-corrected chi connectivity index (χ4v) is 2.38. The lowest BCUT2D eigenvalue weighted by atomic mass is 9.89. The van der Waals surface area contributed by atoms with Gasteiger partial charge in [-0.2, -0.15) is 9.78 Å². The van der Waals surface area contributed by atoms with Crippen molar-refractivity contribution in [1.29, 1.82) is 0 Å². The molecular weight excluding hydrogens is 373 g/mol. The van der Waals surface area contributed by atoms with Crippen molar-refractivity contribution in [1.82, 2.24) is 9.78 Å². The molecule has 0 aliphatic rings. The number of aromatic nitrogens is 2. The highest BCUT2D eigenvalue weighted by molar-refractivity contribution is 6.41. The van der Waals surface area contributed by atoms with Crippen molar-refractivity contribution in [3.8, 4) is 5.69 Å². The molecule has 0 bridgehead atoms. The second kappa shape index (κ2) is 7.31. The Labute approximate surface area is 155 Å². The molecule has 1 atom stereocenters. The zero-order chi connectivity index (χ0) is 18.1. The van der Waals surface area contributed by atoms with Crippen LogP contribution in [0.3, 0.4) is 0 Å². The van der Waals surface area contributed by atoms with Gasteiger partial charge in [-0.25, -0.2) is 0 Å². The molecule has 2 N–H and O–H groups in total. The maximum atomic E-state index is 12.1. The second-order valence-corrected chi connectivity index (χ2v) is 7.64. The Morgan fingerprint density at radius 2 is 1.92 bits per heavy atom. The zero-order valence-corrected chi connectivity index (χ0v) is 15.7. The Morgan fingerprint density at radius 1 is 1.25 bits per heavy atom. The van der Waals surface area contributed by atoms with E-state index < -0.39 is 11.7 Å². The summed E-state index contributed by atoms with van der Waals surface area (Å²) in [7, 11) is 0. The molecule has 8 heteroatoms. The summed E-state index contributed by atoms with van der Waals surface area (Å²) in [6.45, 7) is 6.21. The topological polar surface area (TPSA) is 67.2 Å². The molecular formula is C16H18Cl3N3O2. The predicted molar refractivity (Wildman–Crippen MR) is 98.8 cm³/mol. The molecule has 0 unspecified atom stereocenters. The van der Waals surface area contributed by atoms with Crippen molar-refractivity contribution < 1.29 is 5.11 Å². The van der Waals surface area contributed by atoms with Crippen molar-refractivity contribution in [2.45, 2.75) is 26.9 Å². The molecule has 24 heavy (non-hydrogen) atoms. The third-order valence-corrected chi connectivity index (χ3v) is 4.62. The number of hydrogen-bond acceptors (Lipinski definition) is 4. The quantitative estimate of drug-likeness (QED) is 0.827.